The highest BCUT2D eigenvalue weighted by atomic mass is 16.6. The van der Waals surface area contributed by atoms with Crippen LogP contribution in [0, 0.1) is 11.3 Å². The van der Waals surface area contributed by atoms with E-state index in [1.165, 1.54) is 0 Å². The van der Waals surface area contributed by atoms with Gasteiger partial charge in [-0.25, -0.2) is 19.6 Å². The molecule has 238 valence electrons. The van der Waals surface area contributed by atoms with Gasteiger partial charge in [-0.3, -0.25) is 4.90 Å². The number of piperazine rings is 1. The molecule has 0 spiro atoms. The van der Waals surface area contributed by atoms with Gasteiger partial charge in [0.05, 0.1) is 29.3 Å². The molecule has 3 N–H and O–H groups in total. The zero-order chi connectivity index (χ0) is 31.9. The van der Waals surface area contributed by atoms with Crippen LogP contribution in [0.4, 0.5) is 26.8 Å². The molecule has 1 saturated carbocycles. The minimum absolute atomic E-state index is 0.00362. The molecule has 2 aromatic heterocycles. The maximum atomic E-state index is 12.5. The fraction of sp³-hybridized carbons (Fsp3) is 0.594. The van der Waals surface area contributed by atoms with Crippen LogP contribution in [0.2, 0.25) is 0 Å². The van der Waals surface area contributed by atoms with Crippen molar-refractivity contribution in [1.82, 2.24) is 25.1 Å². The van der Waals surface area contributed by atoms with E-state index in [4.69, 9.17) is 14.5 Å². The number of amides is 2. The molecule has 2 atom stereocenters. The Bertz CT molecular complexity index is 1340. The third-order valence-electron chi connectivity index (χ3n) is 7.29. The van der Waals surface area contributed by atoms with E-state index in [2.05, 4.69) is 31.9 Å². The van der Waals surface area contributed by atoms with Gasteiger partial charge in [0, 0.05) is 38.8 Å². The molecule has 2 aromatic rings. The zero-order valence-electron chi connectivity index (χ0n) is 26.8. The van der Waals surface area contributed by atoms with Gasteiger partial charge in [-0.15, -0.1) is 0 Å². The summed E-state index contributed by atoms with van der Waals surface area (Å²) in [5.74, 6) is 0.604. The molecule has 12 heteroatoms. The third kappa shape index (κ3) is 9.98. The highest BCUT2D eigenvalue weighted by Crippen LogP contribution is 2.27. The number of hydrogen-bond donors (Lipinski definition) is 3. The van der Waals surface area contributed by atoms with Crippen LogP contribution in [0.1, 0.15) is 78.6 Å². The molecule has 4 rings (SSSR count). The number of alkyl carbamates (subject to hydrolysis) is 1. The summed E-state index contributed by atoms with van der Waals surface area (Å²) in [6.45, 7) is 14.4. The first kappa shape index (κ1) is 32.8. The van der Waals surface area contributed by atoms with Crippen molar-refractivity contribution in [1.29, 1.82) is 5.26 Å². The Morgan fingerprint density at radius 3 is 2.34 bits per heavy atom. The first-order chi connectivity index (χ1) is 20.8. The lowest BCUT2D eigenvalue weighted by atomic mass is 9.90. The minimum atomic E-state index is -0.568. The number of hydrogen-bond acceptors (Lipinski definition) is 10. The molecule has 12 nitrogen and oxygen atoms in total. The van der Waals surface area contributed by atoms with Crippen LogP contribution in [0.25, 0.3) is 0 Å². The molecular formula is C32H46N8O4. The predicted molar refractivity (Wildman–Crippen MR) is 169 cm³/mol. The van der Waals surface area contributed by atoms with Gasteiger partial charge in [0.25, 0.3) is 0 Å². The monoisotopic (exact) mass is 606 g/mol. The largest absolute Gasteiger partial charge is 0.444 e. The smallest absolute Gasteiger partial charge is 0.410 e. The quantitative estimate of drug-likeness (QED) is 0.375. The van der Waals surface area contributed by atoms with Gasteiger partial charge >= 0.3 is 12.2 Å². The Kier molecular flexibility index (Phi) is 10.5. The number of aromatic nitrogens is 2. The molecule has 0 radical (unpaired) electrons. The fourth-order valence-electron chi connectivity index (χ4n) is 5.30. The van der Waals surface area contributed by atoms with E-state index in [0.717, 1.165) is 50.2 Å². The maximum absolute atomic E-state index is 12.5. The molecular weight excluding hydrogens is 560 g/mol. The highest BCUT2D eigenvalue weighted by molar-refractivity contribution is 5.69. The summed E-state index contributed by atoms with van der Waals surface area (Å²) >= 11 is 0. The summed E-state index contributed by atoms with van der Waals surface area (Å²) in [4.78, 5) is 38.0. The molecule has 1 aliphatic heterocycles. The van der Waals surface area contributed by atoms with Gasteiger partial charge < -0.3 is 30.3 Å². The molecule has 2 fully saturated rings. The van der Waals surface area contributed by atoms with Gasteiger partial charge in [-0.2, -0.15) is 5.26 Å². The van der Waals surface area contributed by atoms with Crippen molar-refractivity contribution in [2.45, 2.75) is 97.1 Å². The lowest BCUT2D eigenvalue weighted by Gasteiger charge is -2.35. The Morgan fingerprint density at radius 1 is 1.00 bits per heavy atom. The summed E-state index contributed by atoms with van der Waals surface area (Å²) in [7, 11) is 0. The lowest BCUT2D eigenvalue weighted by molar-refractivity contribution is 0.0138. The third-order valence-corrected chi connectivity index (χ3v) is 7.29. The van der Waals surface area contributed by atoms with Crippen LogP contribution in [-0.4, -0.2) is 81.4 Å². The van der Waals surface area contributed by atoms with Gasteiger partial charge in [0.2, 0.25) is 0 Å². The van der Waals surface area contributed by atoms with Crippen molar-refractivity contribution in [3.05, 3.63) is 41.9 Å². The number of nitriles is 1. The SMILES string of the molecule is CC(C)(C)OC(=O)N[C@H]1CCCC[C@H]1Nc1cnc(C#N)c(Nc2cccc(CN3CCN(C(=O)OC(C)(C)C)CC3)n2)c1. The van der Waals surface area contributed by atoms with Crippen LogP contribution >= 0.6 is 0 Å². The second kappa shape index (κ2) is 14.1. The number of rotatable bonds is 7. The Labute approximate surface area is 260 Å². The van der Waals surface area contributed by atoms with Crippen LogP contribution < -0.4 is 16.0 Å². The number of ether oxygens (including phenoxy) is 2. The van der Waals surface area contributed by atoms with Crippen LogP contribution in [-0.2, 0) is 16.0 Å². The highest BCUT2D eigenvalue weighted by Gasteiger charge is 2.29. The Balaban J connectivity index is 1.38. The molecule has 2 amide bonds. The molecule has 3 heterocycles. The fourth-order valence-corrected chi connectivity index (χ4v) is 5.30. The van der Waals surface area contributed by atoms with E-state index in [1.54, 1.807) is 11.1 Å². The maximum Gasteiger partial charge on any atom is 0.410 e. The summed E-state index contributed by atoms with van der Waals surface area (Å²) in [6.07, 6.45) is 4.75. The van der Waals surface area contributed by atoms with E-state index < -0.39 is 17.3 Å². The first-order valence-electron chi connectivity index (χ1n) is 15.4. The minimum Gasteiger partial charge on any atom is -0.444 e. The lowest BCUT2D eigenvalue weighted by Crippen LogP contribution is -2.49. The van der Waals surface area contributed by atoms with Crippen molar-refractivity contribution in [3.8, 4) is 6.07 Å². The standard InChI is InChI=1S/C32H46N8O4/c1-31(2,3)43-29(41)38-25-12-8-7-11-24(25)35-23-18-26(27(19-33)34-20-23)37-28-13-9-10-22(36-28)21-39-14-16-40(17-15-39)30(42)44-32(4,5)6/h9-10,13,18,20,24-25,35H,7-8,11-12,14-17,21H2,1-6H3,(H,36,37)(H,38,41)/t24-,25+/m1/s1. The second-order valence-electron chi connectivity index (χ2n) is 13.4. The predicted octanol–water partition coefficient (Wildman–Crippen LogP) is 5.39. The Morgan fingerprint density at radius 2 is 1.68 bits per heavy atom. The van der Waals surface area contributed by atoms with E-state index >= 15 is 0 Å². The zero-order valence-corrected chi connectivity index (χ0v) is 26.8. The second-order valence-corrected chi connectivity index (χ2v) is 13.4. The summed E-state index contributed by atoms with van der Waals surface area (Å²) < 4.78 is 11.0. The van der Waals surface area contributed by atoms with Crippen LogP contribution in [0.5, 0.6) is 0 Å². The van der Waals surface area contributed by atoms with Crippen molar-refractivity contribution in [2.75, 3.05) is 36.8 Å². The van der Waals surface area contributed by atoms with E-state index in [0.29, 0.717) is 31.1 Å². The van der Waals surface area contributed by atoms with Gasteiger partial charge in [-0.05, 0) is 72.6 Å². The number of pyridine rings is 2. The number of carbonyl (C=O) groups is 2. The number of anilines is 3. The van der Waals surface area contributed by atoms with E-state index in [-0.39, 0.29) is 23.9 Å². The number of nitrogens with zero attached hydrogens (tertiary/aromatic N) is 5. The van der Waals surface area contributed by atoms with Crippen LogP contribution in [0.3, 0.4) is 0 Å². The number of nitrogens with one attached hydrogen (secondary N) is 3. The van der Waals surface area contributed by atoms with Gasteiger partial charge in [-0.1, -0.05) is 18.9 Å². The molecule has 0 aromatic carbocycles. The molecule has 1 aliphatic carbocycles. The van der Waals surface area contributed by atoms with Gasteiger partial charge in [0.1, 0.15) is 23.1 Å². The van der Waals surface area contributed by atoms with Crippen molar-refractivity contribution in [3.63, 3.8) is 0 Å². The van der Waals surface area contributed by atoms with E-state index in [1.807, 2.05) is 65.8 Å². The Hall–Kier alpha value is -4.11. The molecule has 1 saturated heterocycles. The summed E-state index contributed by atoms with van der Waals surface area (Å²) in [5.41, 5.74) is 1.34. The first-order valence-corrected chi connectivity index (χ1v) is 15.4. The average Bonchev–Trinajstić information content (AvgIpc) is 2.93. The number of carbonyl (C=O) groups excluding carboxylic acids is 2. The van der Waals surface area contributed by atoms with Crippen molar-refractivity contribution in [2.24, 2.45) is 0 Å². The van der Waals surface area contributed by atoms with Crippen molar-refractivity contribution < 1.29 is 19.1 Å². The molecule has 44 heavy (non-hydrogen) atoms. The molecule has 0 unspecified atom stereocenters. The topological polar surface area (TPSA) is 145 Å². The molecule has 0 bridgehead atoms. The summed E-state index contributed by atoms with van der Waals surface area (Å²) in [6, 6.07) is 9.67. The van der Waals surface area contributed by atoms with Crippen LogP contribution in [0.15, 0.2) is 30.5 Å². The molecule has 2 aliphatic rings. The normalized spacial score (nSPS) is 19.4. The van der Waals surface area contributed by atoms with Crippen molar-refractivity contribution >= 4 is 29.4 Å². The van der Waals surface area contributed by atoms with E-state index in [9.17, 15) is 14.9 Å². The average molecular weight is 607 g/mol. The summed E-state index contributed by atoms with van der Waals surface area (Å²) in [5, 5.41) is 19.6. The van der Waals surface area contributed by atoms with Gasteiger partial charge in [0.15, 0.2) is 5.69 Å².